The first-order chi connectivity index (χ1) is 8.58. The van der Waals surface area contributed by atoms with Crippen molar-refractivity contribution in [3.8, 4) is 0 Å². The number of carbonyl (C=O) groups is 1. The van der Waals surface area contributed by atoms with E-state index in [1.807, 2.05) is 0 Å². The molecule has 18 heavy (non-hydrogen) atoms. The Kier molecular flexibility index (Phi) is 3.53. The first kappa shape index (κ1) is 12.4. The number of nitrogens with one attached hydrogen (secondary N) is 1. The molecule has 1 aromatic carbocycles. The molecular formula is C12H9ClFN3O. The summed E-state index contributed by atoms with van der Waals surface area (Å²) in [5.41, 5.74) is 0.546. The number of hydrogen-bond acceptors (Lipinski definition) is 3. The zero-order valence-electron chi connectivity index (χ0n) is 9.45. The second kappa shape index (κ2) is 5.10. The third kappa shape index (κ3) is 2.62. The van der Waals surface area contributed by atoms with Gasteiger partial charge >= 0.3 is 0 Å². The molecular weight excluding hydrogens is 257 g/mol. The quantitative estimate of drug-likeness (QED) is 0.908. The lowest BCUT2D eigenvalue weighted by Gasteiger charge is -2.07. The second-order valence-electron chi connectivity index (χ2n) is 3.63. The first-order valence-electron chi connectivity index (χ1n) is 5.11. The van der Waals surface area contributed by atoms with Gasteiger partial charge in [0.05, 0.1) is 16.8 Å². The predicted octanol–water partition coefficient (Wildman–Crippen LogP) is 2.83. The Morgan fingerprint density at radius 2 is 2.17 bits per heavy atom. The number of aryl methyl sites for hydroxylation is 1. The molecule has 0 spiro atoms. The van der Waals surface area contributed by atoms with Gasteiger partial charge in [-0.15, -0.1) is 0 Å². The Hall–Kier alpha value is -2.01. The maximum atomic E-state index is 13.2. The SMILES string of the molecule is Cc1cc(C(=O)Nc2cnccn2)c(Cl)cc1F. The van der Waals surface area contributed by atoms with Gasteiger partial charge in [0.2, 0.25) is 0 Å². The van der Waals surface area contributed by atoms with Gasteiger partial charge in [0, 0.05) is 12.4 Å². The molecule has 2 aromatic rings. The van der Waals surface area contributed by atoms with E-state index < -0.39 is 11.7 Å². The molecule has 0 aliphatic rings. The molecule has 92 valence electrons. The van der Waals surface area contributed by atoms with Gasteiger partial charge in [-0.2, -0.15) is 0 Å². The van der Waals surface area contributed by atoms with Crippen molar-refractivity contribution in [3.63, 3.8) is 0 Å². The highest BCUT2D eigenvalue weighted by atomic mass is 35.5. The van der Waals surface area contributed by atoms with E-state index in [9.17, 15) is 9.18 Å². The van der Waals surface area contributed by atoms with E-state index in [0.717, 1.165) is 6.07 Å². The second-order valence-corrected chi connectivity index (χ2v) is 4.03. The summed E-state index contributed by atoms with van der Waals surface area (Å²) >= 11 is 5.83. The van der Waals surface area contributed by atoms with Crippen LogP contribution in [0.3, 0.4) is 0 Å². The fourth-order valence-corrected chi connectivity index (χ4v) is 1.61. The number of aromatic nitrogens is 2. The number of rotatable bonds is 2. The van der Waals surface area contributed by atoms with Crippen LogP contribution in [-0.2, 0) is 0 Å². The van der Waals surface area contributed by atoms with Crippen LogP contribution in [0.15, 0.2) is 30.7 Å². The van der Waals surface area contributed by atoms with E-state index in [1.54, 1.807) is 6.92 Å². The highest BCUT2D eigenvalue weighted by molar-refractivity contribution is 6.34. The number of halogens is 2. The molecule has 0 fully saturated rings. The summed E-state index contributed by atoms with van der Waals surface area (Å²) in [7, 11) is 0. The van der Waals surface area contributed by atoms with Crippen LogP contribution in [0.2, 0.25) is 5.02 Å². The maximum absolute atomic E-state index is 13.2. The first-order valence-corrected chi connectivity index (χ1v) is 5.48. The number of nitrogens with zero attached hydrogens (tertiary/aromatic N) is 2. The van der Waals surface area contributed by atoms with E-state index in [0.29, 0.717) is 11.4 Å². The van der Waals surface area contributed by atoms with Crippen molar-refractivity contribution in [2.24, 2.45) is 0 Å². The van der Waals surface area contributed by atoms with Crippen LogP contribution in [0, 0.1) is 12.7 Å². The van der Waals surface area contributed by atoms with E-state index in [-0.39, 0.29) is 10.6 Å². The molecule has 0 atom stereocenters. The van der Waals surface area contributed by atoms with Crippen LogP contribution < -0.4 is 5.32 Å². The van der Waals surface area contributed by atoms with Crippen LogP contribution >= 0.6 is 11.6 Å². The van der Waals surface area contributed by atoms with Crippen LogP contribution in [0.1, 0.15) is 15.9 Å². The number of hydrogen-bond donors (Lipinski definition) is 1. The minimum Gasteiger partial charge on any atom is -0.305 e. The average Bonchev–Trinajstić information content (AvgIpc) is 2.35. The molecule has 1 N–H and O–H groups in total. The van der Waals surface area contributed by atoms with Crippen molar-refractivity contribution >= 4 is 23.3 Å². The van der Waals surface area contributed by atoms with Crippen molar-refractivity contribution in [2.75, 3.05) is 5.32 Å². The maximum Gasteiger partial charge on any atom is 0.258 e. The normalized spacial score (nSPS) is 10.2. The lowest BCUT2D eigenvalue weighted by atomic mass is 10.1. The molecule has 0 saturated heterocycles. The summed E-state index contributed by atoms with van der Waals surface area (Å²) in [5.74, 6) is -0.597. The highest BCUT2D eigenvalue weighted by Crippen LogP contribution is 2.21. The minimum atomic E-state index is -0.455. The Morgan fingerprint density at radius 1 is 1.39 bits per heavy atom. The Bertz CT molecular complexity index is 589. The van der Waals surface area contributed by atoms with Crippen LogP contribution in [-0.4, -0.2) is 15.9 Å². The van der Waals surface area contributed by atoms with E-state index >= 15 is 0 Å². The minimum absolute atomic E-state index is 0.0551. The number of benzene rings is 1. The monoisotopic (exact) mass is 265 g/mol. The zero-order valence-corrected chi connectivity index (χ0v) is 10.2. The van der Waals surface area contributed by atoms with Crippen molar-refractivity contribution in [1.82, 2.24) is 9.97 Å². The standard InChI is InChI=1S/C12H9ClFN3O/c1-7-4-8(9(13)5-10(7)14)12(18)17-11-6-15-2-3-16-11/h2-6H,1H3,(H,16,17,18). The van der Waals surface area contributed by atoms with E-state index in [2.05, 4.69) is 15.3 Å². The lowest BCUT2D eigenvalue weighted by Crippen LogP contribution is -2.14. The lowest BCUT2D eigenvalue weighted by molar-refractivity contribution is 0.102. The molecule has 1 amide bonds. The topological polar surface area (TPSA) is 54.9 Å². The average molecular weight is 266 g/mol. The Labute approximate surface area is 108 Å². The third-order valence-corrected chi connectivity index (χ3v) is 2.61. The number of amides is 1. The summed E-state index contributed by atoms with van der Waals surface area (Å²) in [6.45, 7) is 1.56. The molecule has 6 heteroatoms. The van der Waals surface area contributed by atoms with Crippen molar-refractivity contribution < 1.29 is 9.18 Å². The van der Waals surface area contributed by atoms with Crippen LogP contribution in [0.5, 0.6) is 0 Å². The van der Waals surface area contributed by atoms with E-state index in [4.69, 9.17) is 11.6 Å². The molecule has 0 bridgehead atoms. The van der Waals surface area contributed by atoms with Gasteiger partial charge in [-0.25, -0.2) is 9.37 Å². The van der Waals surface area contributed by atoms with Gasteiger partial charge in [0.1, 0.15) is 5.82 Å². The van der Waals surface area contributed by atoms with E-state index in [1.165, 1.54) is 24.7 Å². The summed E-state index contributed by atoms with van der Waals surface area (Å²) in [5, 5.41) is 2.58. The largest absolute Gasteiger partial charge is 0.305 e. The molecule has 2 rings (SSSR count). The molecule has 4 nitrogen and oxygen atoms in total. The molecule has 0 radical (unpaired) electrons. The van der Waals surface area contributed by atoms with Gasteiger partial charge < -0.3 is 5.32 Å². The molecule has 1 heterocycles. The smallest absolute Gasteiger partial charge is 0.258 e. The molecule has 0 aliphatic carbocycles. The Balaban J connectivity index is 2.27. The summed E-state index contributed by atoms with van der Waals surface area (Å²) in [4.78, 5) is 19.6. The number of carbonyl (C=O) groups excluding carboxylic acids is 1. The van der Waals surface area contributed by atoms with Crippen molar-refractivity contribution in [3.05, 3.63) is 52.7 Å². The predicted molar refractivity (Wildman–Crippen MR) is 66.1 cm³/mol. The fourth-order valence-electron chi connectivity index (χ4n) is 1.38. The summed E-state index contributed by atoms with van der Waals surface area (Å²) in [6.07, 6.45) is 4.35. The zero-order chi connectivity index (χ0) is 13.1. The van der Waals surface area contributed by atoms with Gasteiger partial charge in [-0.1, -0.05) is 11.6 Å². The molecule has 0 aliphatic heterocycles. The third-order valence-electron chi connectivity index (χ3n) is 2.30. The highest BCUT2D eigenvalue weighted by Gasteiger charge is 2.13. The molecule has 0 saturated carbocycles. The number of anilines is 1. The van der Waals surface area contributed by atoms with Crippen molar-refractivity contribution in [2.45, 2.75) is 6.92 Å². The fraction of sp³-hybridized carbons (Fsp3) is 0.0833. The van der Waals surface area contributed by atoms with Gasteiger partial charge in [0.15, 0.2) is 5.82 Å². The van der Waals surface area contributed by atoms with Crippen LogP contribution in [0.25, 0.3) is 0 Å². The van der Waals surface area contributed by atoms with Crippen LogP contribution in [0.4, 0.5) is 10.2 Å². The van der Waals surface area contributed by atoms with Crippen molar-refractivity contribution in [1.29, 1.82) is 0 Å². The van der Waals surface area contributed by atoms with Gasteiger partial charge in [-0.05, 0) is 24.6 Å². The Morgan fingerprint density at radius 3 is 2.83 bits per heavy atom. The molecule has 1 aromatic heterocycles. The van der Waals surface area contributed by atoms with Gasteiger partial charge in [-0.3, -0.25) is 9.78 Å². The summed E-state index contributed by atoms with van der Waals surface area (Å²) < 4.78 is 13.2. The van der Waals surface area contributed by atoms with Gasteiger partial charge in [0.25, 0.3) is 5.91 Å². The molecule has 0 unspecified atom stereocenters. The summed E-state index contributed by atoms with van der Waals surface area (Å²) in [6, 6.07) is 2.51.